The van der Waals surface area contributed by atoms with Crippen molar-refractivity contribution in [2.45, 2.75) is 13.3 Å². The molecule has 10 heteroatoms. The van der Waals surface area contributed by atoms with Crippen molar-refractivity contribution >= 4 is 17.6 Å². The van der Waals surface area contributed by atoms with Crippen molar-refractivity contribution < 1.29 is 32.2 Å². The molecule has 1 heterocycles. The van der Waals surface area contributed by atoms with E-state index in [9.17, 15) is 27.6 Å². The third-order valence-corrected chi connectivity index (χ3v) is 3.23. The number of aryl methyl sites for hydroxylation is 1. The van der Waals surface area contributed by atoms with E-state index in [0.29, 0.717) is 0 Å². The van der Waals surface area contributed by atoms with Gasteiger partial charge < -0.3 is 19.8 Å². The first-order valence-electron chi connectivity index (χ1n) is 7.10. The molecule has 0 radical (unpaired) electrons. The van der Waals surface area contributed by atoms with Gasteiger partial charge in [0.25, 0.3) is 11.5 Å². The molecule has 1 aromatic heterocycles. The molecule has 1 aromatic carbocycles. The number of alkyl halides is 3. The second kappa shape index (κ2) is 7.30. The molecule has 138 valence electrons. The van der Waals surface area contributed by atoms with Crippen molar-refractivity contribution in [3.05, 3.63) is 57.5 Å². The number of ether oxygens (including phenoxy) is 2. The number of esters is 1. The minimum atomic E-state index is -4.83. The van der Waals surface area contributed by atoms with E-state index in [1.165, 1.54) is 19.1 Å². The Morgan fingerprint density at radius 2 is 1.73 bits per heavy atom. The molecule has 2 aromatic rings. The Labute approximate surface area is 144 Å². The van der Waals surface area contributed by atoms with Gasteiger partial charge in [-0.3, -0.25) is 9.59 Å². The molecular weight excluding hydrogens is 357 g/mol. The molecule has 0 aliphatic rings. The van der Waals surface area contributed by atoms with E-state index in [1.54, 1.807) is 0 Å². The zero-order chi connectivity index (χ0) is 19.5. The number of halogens is 3. The highest BCUT2D eigenvalue weighted by Gasteiger charge is 2.31. The quantitative estimate of drug-likeness (QED) is 0.807. The predicted molar refractivity (Wildman–Crippen MR) is 84.2 cm³/mol. The number of carbonyl (C=O) groups is 2. The van der Waals surface area contributed by atoms with Crippen LogP contribution in [-0.4, -0.2) is 30.3 Å². The number of aromatic amines is 1. The number of amides is 1. The summed E-state index contributed by atoms with van der Waals surface area (Å²) in [5.41, 5.74) is -0.723. The van der Waals surface area contributed by atoms with Crippen LogP contribution in [-0.2, 0) is 4.74 Å². The topological polar surface area (TPSA) is 97.5 Å². The summed E-state index contributed by atoms with van der Waals surface area (Å²) in [6.07, 6.45) is -4.83. The number of H-pyrrole nitrogens is 1. The molecule has 0 unspecified atom stereocenters. The standard InChI is InChI=1S/C16H13F3N2O5/c1-8-11(15(24)25-2)7-12(13(22)20-8)14(23)21-9-3-5-10(6-4-9)26-16(17,18)19/h3-7H,1-2H3,(H,20,22)(H,21,23). The van der Waals surface area contributed by atoms with Crippen molar-refractivity contribution in [2.24, 2.45) is 0 Å². The van der Waals surface area contributed by atoms with Gasteiger partial charge >= 0.3 is 12.3 Å². The Bertz CT molecular complexity index is 888. The highest BCUT2D eigenvalue weighted by Crippen LogP contribution is 2.24. The van der Waals surface area contributed by atoms with Crippen molar-refractivity contribution in [3.8, 4) is 5.75 Å². The Morgan fingerprint density at radius 3 is 2.27 bits per heavy atom. The summed E-state index contributed by atoms with van der Waals surface area (Å²) in [5.74, 6) is -2.04. The van der Waals surface area contributed by atoms with Crippen LogP contribution in [0.4, 0.5) is 18.9 Å². The highest BCUT2D eigenvalue weighted by atomic mass is 19.4. The number of rotatable bonds is 4. The molecule has 0 bridgehead atoms. The van der Waals surface area contributed by atoms with E-state index >= 15 is 0 Å². The second-order valence-corrected chi connectivity index (χ2v) is 5.07. The molecule has 7 nitrogen and oxygen atoms in total. The fourth-order valence-corrected chi connectivity index (χ4v) is 2.05. The SMILES string of the molecule is COC(=O)c1cc(C(=O)Nc2ccc(OC(F)(F)F)cc2)c(=O)[nH]c1C. The number of carbonyl (C=O) groups excluding carboxylic acids is 2. The number of methoxy groups -OCH3 is 1. The van der Waals surface area contributed by atoms with Crippen LogP contribution in [0.3, 0.4) is 0 Å². The summed E-state index contributed by atoms with van der Waals surface area (Å²) in [6, 6.07) is 5.42. The van der Waals surface area contributed by atoms with Gasteiger partial charge in [0.15, 0.2) is 0 Å². The molecule has 0 saturated heterocycles. The fourth-order valence-electron chi connectivity index (χ4n) is 2.05. The molecule has 26 heavy (non-hydrogen) atoms. The normalized spacial score (nSPS) is 11.0. The number of benzene rings is 1. The lowest BCUT2D eigenvalue weighted by molar-refractivity contribution is -0.274. The molecular formula is C16H13F3N2O5. The molecule has 0 fully saturated rings. The molecule has 0 atom stereocenters. The minimum absolute atomic E-state index is 0.00572. The van der Waals surface area contributed by atoms with Crippen LogP contribution in [0.5, 0.6) is 5.75 Å². The molecule has 0 saturated carbocycles. The Kier molecular flexibility index (Phi) is 5.34. The third kappa shape index (κ3) is 4.62. The average Bonchev–Trinajstić information content (AvgIpc) is 2.54. The third-order valence-electron chi connectivity index (χ3n) is 3.23. The van der Waals surface area contributed by atoms with Crippen LogP contribution in [0.1, 0.15) is 26.4 Å². The van der Waals surface area contributed by atoms with Crippen LogP contribution >= 0.6 is 0 Å². The van der Waals surface area contributed by atoms with Crippen LogP contribution in [0.15, 0.2) is 35.1 Å². The number of hydrogen-bond acceptors (Lipinski definition) is 5. The van der Waals surface area contributed by atoms with Gasteiger partial charge in [-0.1, -0.05) is 0 Å². The summed E-state index contributed by atoms with van der Waals surface area (Å²) in [7, 11) is 1.15. The Morgan fingerprint density at radius 1 is 1.12 bits per heavy atom. The maximum absolute atomic E-state index is 12.2. The lowest BCUT2D eigenvalue weighted by Crippen LogP contribution is -2.25. The van der Waals surface area contributed by atoms with E-state index < -0.39 is 29.5 Å². The number of nitrogens with one attached hydrogen (secondary N) is 2. The number of hydrogen-bond donors (Lipinski definition) is 2. The fraction of sp³-hybridized carbons (Fsp3) is 0.188. The Balaban J connectivity index is 2.22. The van der Waals surface area contributed by atoms with Gasteiger partial charge in [-0.15, -0.1) is 13.2 Å². The van der Waals surface area contributed by atoms with Gasteiger partial charge in [0.05, 0.1) is 12.7 Å². The number of anilines is 1. The summed E-state index contributed by atoms with van der Waals surface area (Å²) >= 11 is 0. The summed E-state index contributed by atoms with van der Waals surface area (Å²) in [6.45, 7) is 1.47. The van der Waals surface area contributed by atoms with Gasteiger partial charge in [0.1, 0.15) is 11.3 Å². The minimum Gasteiger partial charge on any atom is -0.465 e. The highest BCUT2D eigenvalue weighted by molar-refractivity contribution is 6.05. The first-order valence-corrected chi connectivity index (χ1v) is 7.10. The monoisotopic (exact) mass is 370 g/mol. The lowest BCUT2D eigenvalue weighted by Gasteiger charge is -2.10. The zero-order valence-corrected chi connectivity index (χ0v) is 13.6. The van der Waals surface area contributed by atoms with Crippen molar-refractivity contribution in [1.29, 1.82) is 0 Å². The molecule has 0 aliphatic heterocycles. The van der Waals surface area contributed by atoms with E-state index in [4.69, 9.17) is 0 Å². The molecule has 0 spiro atoms. The van der Waals surface area contributed by atoms with Gasteiger partial charge in [0, 0.05) is 11.4 Å². The lowest BCUT2D eigenvalue weighted by atomic mass is 10.1. The number of aromatic nitrogens is 1. The summed E-state index contributed by atoms with van der Waals surface area (Å²) in [5, 5.41) is 2.34. The largest absolute Gasteiger partial charge is 0.573 e. The van der Waals surface area contributed by atoms with Gasteiger partial charge in [-0.05, 0) is 37.3 Å². The first-order chi connectivity index (χ1) is 12.1. The van der Waals surface area contributed by atoms with Gasteiger partial charge in [-0.2, -0.15) is 0 Å². The second-order valence-electron chi connectivity index (χ2n) is 5.07. The van der Waals surface area contributed by atoms with Crippen molar-refractivity contribution in [3.63, 3.8) is 0 Å². The smallest absolute Gasteiger partial charge is 0.465 e. The molecule has 0 aliphatic carbocycles. The van der Waals surface area contributed by atoms with Gasteiger partial charge in [-0.25, -0.2) is 4.79 Å². The molecule has 2 N–H and O–H groups in total. The average molecular weight is 370 g/mol. The van der Waals surface area contributed by atoms with E-state index in [1.807, 2.05) is 0 Å². The number of pyridine rings is 1. The zero-order valence-electron chi connectivity index (χ0n) is 13.6. The van der Waals surface area contributed by atoms with Crippen LogP contribution < -0.4 is 15.6 Å². The van der Waals surface area contributed by atoms with Crippen LogP contribution in [0.25, 0.3) is 0 Å². The van der Waals surface area contributed by atoms with E-state index in [0.717, 1.165) is 25.3 Å². The van der Waals surface area contributed by atoms with Crippen molar-refractivity contribution in [1.82, 2.24) is 4.98 Å². The van der Waals surface area contributed by atoms with Crippen molar-refractivity contribution in [2.75, 3.05) is 12.4 Å². The van der Waals surface area contributed by atoms with Gasteiger partial charge in [0.2, 0.25) is 0 Å². The van der Waals surface area contributed by atoms with E-state index in [2.05, 4.69) is 19.8 Å². The summed E-state index contributed by atoms with van der Waals surface area (Å²) < 4.78 is 44.6. The summed E-state index contributed by atoms with van der Waals surface area (Å²) in [4.78, 5) is 38.2. The predicted octanol–water partition coefficient (Wildman–Crippen LogP) is 2.62. The molecule has 2 rings (SSSR count). The first kappa shape index (κ1) is 19.0. The van der Waals surface area contributed by atoms with E-state index in [-0.39, 0.29) is 22.5 Å². The maximum atomic E-state index is 12.2. The molecule has 1 amide bonds. The van der Waals surface area contributed by atoms with Crippen LogP contribution in [0, 0.1) is 6.92 Å². The van der Waals surface area contributed by atoms with Crippen LogP contribution in [0.2, 0.25) is 0 Å². The maximum Gasteiger partial charge on any atom is 0.573 e. The Hall–Kier alpha value is -3.30.